The Kier molecular flexibility index (Phi) is 2.91. The van der Waals surface area contributed by atoms with Crippen molar-refractivity contribution in [3.8, 4) is 0 Å². The molecule has 1 saturated heterocycles. The third kappa shape index (κ3) is 1.94. The predicted molar refractivity (Wildman–Crippen MR) is 71.7 cm³/mol. The molecule has 2 aromatic heterocycles. The molecule has 0 aliphatic carbocycles. The molecular formula is C13H17FN4O2. The van der Waals surface area contributed by atoms with Crippen molar-refractivity contribution >= 4 is 16.9 Å². The van der Waals surface area contributed by atoms with E-state index in [0.717, 1.165) is 0 Å². The number of aromatic nitrogens is 3. The van der Waals surface area contributed by atoms with E-state index in [9.17, 15) is 9.50 Å². The summed E-state index contributed by atoms with van der Waals surface area (Å²) in [6.07, 6.45) is 1.06. The van der Waals surface area contributed by atoms with Crippen LogP contribution in [0.15, 0.2) is 18.6 Å². The van der Waals surface area contributed by atoms with Crippen molar-refractivity contribution in [2.75, 3.05) is 5.73 Å². The van der Waals surface area contributed by atoms with Crippen LogP contribution in [0.25, 0.3) is 11.0 Å². The van der Waals surface area contributed by atoms with Gasteiger partial charge in [0.2, 0.25) is 0 Å². The first-order chi connectivity index (χ1) is 9.40. The Morgan fingerprint density at radius 1 is 1.60 bits per heavy atom. The molecule has 6 nitrogen and oxygen atoms in total. The highest BCUT2D eigenvalue weighted by Gasteiger charge is 2.48. The van der Waals surface area contributed by atoms with Crippen LogP contribution in [0.4, 0.5) is 10.2 Å². The number of fused-ring (bicyclic) bond motifs is 1. The number of rotatable bonds is 2. The molecule has 1 aliphatic rings. The van der Waals surface area contributed by atoms with Crippen LogP contribution < -0.4 is 5.73 Å². The summed E-state index contributed by atoms with van der Waals surface area (Å²) in [7, 11) is 0. The number of hydrogen-bond donors (Lipinski definition) is 2. The zero-order valence-corrected chi connectivity index (χ0v) is 11.3. The third-order valence-electron chi connectivity index (χ3n) is 3.75. The third-order valence-corrected chi connectivity index (χ3v) is 3.75. The zero-order chi connectivity index (χ0) is 14.5. The van der Waals surface area contributed by atoms with Crippen molar-refractivity contribution < 1.29 is 14.2 Å². The second-order valence-corrected chi connectivity index (χ2v) is 5.47. The van der Waals surface area contributed by atoms with E-state index in [2.05, 4.69) is 9.97 Å². The lowest BCUT2D eigenvalue weighted by Gasteiger charge is -2.23. The number of nitrogens with two attached hydrogens (primary N) is 1. The molecule has 0 amide bonds. The average molecular weight is 280 g/mol. The average Bonchev–Trinajstić information content (AvgIpc) is 2.90. The fraction of sp³-hybridized carbons (Fsp3) is 0.538. The zero-order valence-electron chi connectivity index (χ0n) is 11.3. The fourth-order valence-electron chi connectivity index (χ4n) is 2.67. The van der Waals surface area contributed by atoms with Crippen LogP contribution in [0.5, 0.6) is 0 Å². The number of aliphatic hydroxyl groups excluding tert-OH is 1. The molecule has 108 valence electrons. The number of halogens is 1. The van der Waals surface area contributed by atoms with Gasteiger partial charge in [-0.1, -0.05) is 0 Å². The van der Waals surface area contributed by atoms with Gasteiger partial charge in [-0.25, -0.2) is 14.4 Å². The second-order valence-electron chi connectivity index (χ2n) is 5.47. The first-order valence-corrected chi connectivity index (χ1v) is 6.49. The van der Waals surface area contributed by atoms with E-state index in [4.69, 9.17) is 10.5 Å². The molecule has 0 bridgehead atoms. The number of nitrogen functional groups attached to an aromatic ring is 1. The van der Waals surface area contributed by atoms with Crippen molar-refractivity contribution in [1.82, 2.24) is 14.5 Å². The van der Waals surface area contributed by atoms with Gasteiger partial charge in [0, 0.05) is 12.6 Å². The van der Waals surface area contributed by atoms with Crippen LogP contribution >= 0.6 is 0 Å². The normalized spacial score (nSPS) is 31.8. The van der Waals surface area contributed by atoms with Crippen LogP contribution in [0.2, 0.25) is 0 Å². The molecule has 2 aromatic rings. The van der Waals surface area contributed by atoms with E-state index < -0.39 is 24.1 Å². The summed E-state index contributed by atoms with van der Waals surface area (Å²) in [5.74, 6) is 0.347. The number of anilines is 1. The molecule has 0 spiro atoms. The lowest BCUT2D eigenvalue weighted by Crippen LogP contribution is -2.27. The minimum atomic E-state index is -1.59. The van der Waals surface area contributed by atoms with E-state index >= 15 is 0 Å². The minimum absolute atomic E-state index is 0.134. The van der Waals surface area contributed by atoms with Crippen LogP contribution in [0.1, 0.15) is 26.5 Å². The van der Waals surface area contributed by atoms with Crippen LogP contribution in [-0.4, -0.2) is 37.5 Å². The van der Waals surface area contributed by atoms with E-state index in [-0.39, 0.29) is 6.42 Å². The summed E-state index contributed by atoms with van der Waals surface area (Å²) >= 11 is 0. The molecule has 7 heteroatoms. The summed E-state index contributed by atoms with van der Waals surface area (Å²) in [6, 6.07) is 1.74. The Labute approximate surface area is 115 Å². The quantitative estimate of drug-likeness (QED) is 0.868. The molecular weight excluding hydrogens is 263 g/mol. The monoisotopic (exact) mass is 280 g/mol. The van der Waals surface area contributed by atoms with Gasteiger partial charge in [-0.2, -0.15) is 0 Å². The molecule has 0 aromatic carbocycles. The summed E-state index contributed by atoms with van der Waals surface area (Å²) in [6.45, 7) is 3.06. The number of hydrogen-bond acceptors (Lipinski definition) is 5. The summed E-state index contributed by atoms with van der Waals surface area (Å²) in [4.78, 5) is 8.05. The van der Waals surface area contributed by atoms with Crippen molar-refractivity contribution in [2.24, 2.45) is 0 Å². The lowest BCUT2D eigenvalue weighted by molar-refractivity contribution is -0.0750. The Balaban J connectivity index is 2.05. The molecule has 20 heavy (non-hydrogen) atoms. The molecule has 1 fully saturated rings. The maximum absolute atomic E-state index is 14.7. The fourth-order valence-corrected chi connectivity index (χ4v) is 2.67. The summed E-state index contributed by atoms with van der Waals surface area (Å²) < 4.78 is 22.0. The van der Waals surface area contributed by atoms with Gasteiger partial charge < -0.3 is 20.1 Å². The van der Waals surface area contributed by atoms with Gasteiger partial charge in [0.1, 0.15) is 17.8 Å². The number of ether oxygens (including phenoxy) is 1. The molecule has 1 aliphatic heterocycles. The van der Waals surface area contributed by atoms with Gasteiger partial charge in [-0.05, 0) is 19.9 Å². The van der Waals surface area contributed by atoms with Gasteiger partial charge in [0.05, 0.1) is 17.6 Å². The highest BCUT2D eigenvalue weighted by molar-refractivity contribution is 5.86. The predicted octanol–water partition coefficient (Wildman–Crippen LogP) is 1.41. The van der Waals surface area contributed by atoms with Gasteiger partial charge in [-0.3, -0.25) is 0 Å². The lowest BCUT2D eigenvalue weighted by atomic mass is 10.00. The van der Waals surface area contributed by atoms with E-state index in [1.54, 1.807) is 23.8 Å². The van der Waals surface area contributed by atoms with Gasteiger partial charge in [0.15, 0.2) is 11.9 Å². The highest BCUT2D eigenvalue weighted by Crippen LogP contribution is 2.43. The molecule has 0 saturated carbocycles. The van der Waals surface area contributed by atoms with Crippen LogP contribution in [-0.2, 0) is 4.74 Å². The van der Waals surface area contributed by atoms with Gasteiger partial charge >= 0.3 is 0 Å². The molecule has 3 heterocycles. The van der Waals surface area contributed by atoms with E-state index in [0.29, 0.717) is 16.9 Å². The molecule has 4 atom stereocenters. The Morgan fingerprint density at radius 3 is 3.00 bits per heavy atom. The van der Waals surface area contributed by atoms with Crippen molar-refractivity contribution in [2.45, 2.75) is 44.4 Å². The number of nitrogens with zero attached hydrogens (tertiary/aromatic N) is 3. The van der Waals surface area contributed by atoms with Crippen molar-refractivity contribution in [3.05, 3.63) is 18.6 Å². The Hall–Kier alpha value is -1.73. The van der Waals surface area contributed by atoms with Crippen molar-refractivity contribution in [1.29, 1.82) is 0 Å². The summed E-state index contributed by atoms with van der Waals surface area (Å²) in [5.41, 5.74) is 4.71. The van der Waals surface area contributed by atoms with Gasteiger partial charge in [-0.15, -0.1) is 0 Å². The topological polar surface area (TPSA) is 86.2 Å². The first-order valence-electron chi connectivity index (χ1n) is 6.49. The largest absolute Gasteiger partial charge is 0.391 e. The first kappa shape index (κ1) is 13.3. The minimum Gasteiger partial charge on any atom is -0.391 e. The maximum atomic E-state index is 14.7. The van der Waals surface area contributed by atoms with Crippen LogP contribution in [0.3, 0.4) is 0 Å². The Bertz CT molecular complexity index is 640. The smallest absolute Gasteiger partial charge is 0.169 e. The molecule has 4 unspecified atom stereocenters. The SMILES string of the molecule is CC(O)C1CC(C)(F)C(n2ccc3c(N)ncnc32)O1. The molecule has 0 radical (unpaired) electrons. The maximum Gasteiger partial charge on any atom is 0.169 e. The summed E-state index contributed by atoms with van der Waals surface area (Å²) in [5, 5.41) is 10.3. The van der Waals surface area contributed by atoms with E-state index in [1.807, 2.05) is 0 Å². The van der Waals surface area contributed by atoms with Crippen LogP contribution in [0, 0.1) is 0 Å². The molecule has 3 rings (SSSR count). The molecule has 3 N–H and O–H groups in total. The van der Waals surface area contributed by atoms with Gasteiger partial charge in [0.25, 0.3) is 0 Å². The highest BCUT2D eigenvalue weighted by atomic mass is 19.1. The Morgan fingerprint density at radius 2 is 2.35 bits per heavy atom. The van der Waals surface area contributed by atoms with E-state index in [1.165, 1.54) is 13.3 Å². The standard InChI is InChI=1S/C13H17FN4O2/c1-7(19)9-5-13(2,14)12(20-9)18-4-3-8-10(15)16-6-17-11(8)18/h3-4,6-7,9,12,19H,5H2,1-2H3,(H2,15,16,17). The second kappa shape index (κ2) is 4.39. The number of aliphatic hydroxyl groups is 1. The number of alkyl halides is 1. The van der Waals surface area contributed by atoms with Crippen molar-refractivity contribution in [3.63, 3.8) is 0 Å².